The number of halogens is 3. The molecule has 1 aromatic heterocycles. The number of aromatic nitrogens is 2. The van der Waals surface area contributed by atoms with Gasteiger partial charge in [-0.15, -0.1) is 0 Å². The second-order valence-corrected chi connectivity index (χ2v) is 6.85. The number of methoxy groups -OCH3 is 1. The Morgan fingerprint density at radius 3 is 2.63 bits per heavy atom. The van der Waals surface area contributed by atoms with Crippen LogP contribution in [0.2, 0.25) is 0 Å². The van der Waals surface area contributed by atoms with Crippen LogP contribution >= 0.6 is 0 Å². The van der Waals surface area contributed by atoms with Crippen LogP contribution in [0.4, 0.5) is 13.2 Å². The number of fused-ring (bicyclic) bond motifs is 1. The molecule has 2 aromatic carbocycles. The Bertz CT molecular complexity index is 1060. The molecule has 0 saturated carbocycles. The van der Waals surface area contributed by atoms with Crippen LogP contribution in [0.15, 0.2) is 54.6 Å². The van der Waals surface area contributed by atoms with Crippen LogP contribution in [0.25, 0.3) is 11.3 Å². The van der Waals surface area contributed by atoms with E-state index in [9.17, 15) is 18.0 Å². The number of hydrogen-bond acceptors (Lipinski definition) is 4. The molecule has 0 fully saturated rings. The molecule has 6 nitrogen and oxygen atoms in total. The van der Waals surface area contributed by atoms with E-state index < -0.39 is 17.9 Å². The summed E-state index contributed by atoms with van der Waals surface area (Å²) in [5, 5.41) is 10.3. The molecule has 1 aliphatic rings. The van der Waals surface area contributed by atoms with Crippen molar-refractivity contribution in [3.63, 3.8) is 0 Å². The number of nitrogens with one attached hydrogen (secondary N) is 2. The van der Waals surface area contributed by atoms with Gasteiger partial charge in [-0.3, -0.25) is 10.1 Å². The number of carbonyl (C=O) groups is 1. The summed E-state index contributed by atoms with van der Waals surface area (Å²) in [5.74, 6) is 0.416. The third kappa shape index (κ3) is 3.88. The van der Waals surface area contributed by atoms with Gasteiger partial charge in [0.15, 0.2) is 0 Å². The standard InChI is InChI=1S/C21H19F3N4O2/c1-30-15-8-6-13(7-9-15)17-10-18-20(29)26-12-19(28(18)27-17)25-11-14-4-2-3-5-16(14)21(22,23)24/h2-10,19,25H,11-12H2,1H3,(H,26,29)/t19-/m0/s1. The highest BCUT2D eigenvalue weighted by molar-refractivity contribution is 5.94. The largest absolute Gasteiger partial charge is 0.497 e. The van der Waals surface area contributed by atoms with Crippen molar-refractivity contribution >= 4 is 5.91 Å². The van der Waals surface area contributed by atoms with Gasteiger partial charge < -0.3 is 10.1 Å². The topological polar surface area (TPSA) is 68.2 Å². The number of alkyl halides is 3. The molecule has 30 heavy (non-hydrogen) atoms. The summed E-state index contributed by atoms with van der Waals surface area (Å²) < 4.78 is 46.4. The summed E-state index contributed by atoms with van der Waals surface area (Å²) >= 11 is 0. The molecular weight excluding hydrogens is 397 g/mol. The molecule has 0 bridgehead atoms. The smallest absolute Gasteiger partial charge is 0.416 e. The first-order valence-electron chi connectivity index (χ1n) is 9.27. The molecule has 4 rings (SSSR count). The number of nitrogens with zero attached hydrogens (tertiary/aromatic N) is 2. The van der Waals surface area contributed by atoms with E-state index in [1.807, 2.05) is 12.1 Å². The Morgan fingerprint density at radius 2 is 1.93 bits per heavy atom. The quantitative estimate of drug-likeness (QED) is 0.667. The van der Waals surface area contributed by atoms with E-state index in [2.05, 4.69) is 15.7 Å². The highest BCUT2D eigenvalue weighted by atomic mass is 19.4. The molecule has 0 radical (unpaired) electrons. The van der Waals surface area contributed by atoms with Crippen molar-refractivity contribution < 1.29 is 22.7 Å². The summed E-state index contributed by atoms with van der Waals surface area (Å²) in [6.45, 7) is 0.192. The van der Waals surface area contributed by atoms with Crippen LogP contribution in [0.1, 0.15) is 27.8 Å². The number of amides is 1. The van der Waals surface area contributed by atoms with Gasteiger partial charge in [0.05, 0.1) is 24.9 Å². The Balaban J connectivity index is 1.58. The summed E-state index contributed by atoms with van der Waals surface area (Å²) in [6, 6.07) is 14.3. The Morgan fingerprint density at radius 1 is 1.20 bits per heavy atom. The summed E-state index contributed by atoms with van der Waals surface area (Å²) in [6.07, 6.45) is -4.91. The number of rotatable bonds is 5. The van der Waals surface area contributed by atoms with Crippen molar-refractivity contribution in [2.75, 3.05) is 13.7 Å². The normalized spacial score (nSPS) is 16.1. The highest BCUT2D eigenvalue weighted by Crippen LogP contribution is 2.32. The van der Waals surface area contributed by atoms with Crippen molar-refractivity contribution in [3.05, 3.63) is 71.4 Å². The van der Waals surface area contributed by atoms with E-state index in [0.29, 0.717) is 17.1 Å². The third-order valence-corrected chi connectivity index (χ3v) is 4.96. The molecule has 0 spiro atoms. The Kier molecular flexibility index (Phi) is 5.21. The van der Waals surface area contributed by atoms with Gasteiger partial charge in [-0.1, -0.05) is 18.2 Å². The predicted molar refractivity (Wildman–Crippen MR) is 104 cm³/mol. The fourth-order valence-corrected chi connectivity index (χ4v) is 3.41. The summed E-state index contributed by atoms with van der Waals surface area (Å²) in [5.41, 5.74) is 1.18. The molecule has 3 aromatic rings. The molecule has 1 aliphatic heterocycles. The van der Waals surface area contributed by atoms with E-state index in [4.69, 9.17) is 4.74 Å². The number of carbonyl (C=O) groups excluding carboxylic acids is 1. The lowest BCUT2D eigenvalue weighted by atomic mass is 10.1. The first-order chi connectivity index (χ1) is 14.4. The maximum absolute atomic E-state index is 13.2. The summed E-state index contributed by atoms with van der Waals surface area (Å²) in [7, 11) is 1.57. The van der Waals surface area contributed by atoms with Gasteiger partial charge in [-0.05, 0) is 42.0 Å². The van der Waals surface area contributed by atoms with Gasteiger partial charge in [-0.25, -0.2) is 4.68 Å². The van der Waals surface area contributed by atoms with Gasteiger partial charge in [-0.2, -0.15) is 18.3 Å². The molecule has 9 heteroatoms. The molecular formula is C21H19F3N4O2. The Hall–Kier alpha value is -3.33. The van der Waals surface area contributed by atoms with Crippen molar-refractivity contribution in [1.82, 2.24) is 20.4 Å². The first kappa shape index (κ1) is 20.0. The van der Waals surface area contributed by atoms with Crippen LogP contribution in [0.5, 0.6) is 5.75 Å². The fraction of sp³-hybridized carbons (Fsp3) is 0.238. The molecule has 2 N–H and O–H groups in total. The summed E-state index contributed by atoms with van der Waals surface area (Å²) in [4.78, 5) is 12.3. The van der Waals surface area contributed by atoms with E-state index in [0.717, 1.165) is 11.6 Å². The zero-order valence-electron chi connectivity index (χ0n) is 16.0. The van der Waals surface area contributed by atoms with Crippen molar-refractivity contribution in [1.29, 1.82) is 0 Å². The first-order valence-corrected chi connectivity index (χ1v) is 9.27. The van der Waals surface area contributed by atoms with Gasteiger partial charge in [0.1, 0.15) is 17.6 Å². The second-order valence-electron chi connectivity index (χ2n) is 6.85. The van der Waals surface area contributed by atoms with Crippen molar-refractivity contribution in [2.24, 2.45) is 0 Å². The van der Waals surface area contributed by atoms with E-state index >= 15 is 0 Å². The van der Waals surface area contributed by atoms with Crippen LogP contribution in [0, 0.1) is 0 Å². The zero-order chi connectivity index (χ0) is 21.3. The predicted octanol–water partition coefficient (Wildman–Crippen LogP) is 3.61. The monoisotopic (exact) mass is 416 g/mol. The maximum Gasteiger partial charge on any atom is 0.416 e. The molecule has 1 amide bonds. The molecule has 156 valence electrons. The van der Waals surface area contributed by atoms with Crippen molar-refractivity contribution in [2.45, 2.75) is 18.9 Å². The van der Waals surface area contributed by atoms with Gasteiger partial charge >= 0.3 is 6.18 Å². The van der Waals surface area contributed by atoms with Crippen LogP contribution in [0.3, 0.4) is 0 Å². The number of benzene rings is 2. The molecule has 0 unspecified atom stereocenters. The molecule has 2 heterocycles. The Labute approximate surface area is 170 Å². The SMILES string of the molecule is COc1ccc(-c2cc3n(n2)[C@H](NCc2ccccc2C(F)(F)F)CNC3=O)cc1. The minimum absolute atomic E-state index is 0.0204. The van der Waals surface area contributed by atoms with E-state index in [1.54, 1.807) is 31.4 Å². The fourth-order valence-electron chi connectivity index (χ4n) is 3.41. The average molecular weight is 416 g/mol. The lowest BCUT2D eigenvalue weighted by Crippen LogP contribution is -2.45. The lowest BCUT2D eigenvalue weighted by molar-refractivity contribution is -0.138. The molecule has 1 atom stereocenters. The zero-order valence-corrected chi connectivity index (χ0v) is 16.0. The number of hydrogen-bond donors (Lipinski definition) is 2. The molecule has 0 saturated heterocycles. The van der Waals surface area contributed by atoms with Crippen molar-refractivity contribution in [3.8, 4) is 17.0 Å². The van der Waals surface area contributed by atoms with Crippen LogP contribution < -0.4 is 15.4 Å². The minimum atomic E-state index is -4.43. The minimum Gasteiger partial charge on any atom is -0.497 e. The molecule has 0 aliphatic carbocycles. The van der Waals surface area contributed by atoms with Crippen LogP contribution in [-0.4, -0.2) is 29.3 Å². The van der Waals surface area contributed by atoms with Gasteiger partial charge in [0.25, 0.3) is 5.91 Å². The van der Waals surface area contributed by atoms with Gasteiger partial charge in [0, 0.05) is 12.1 Å². The third-order valence-electron chi connectivity index (χ3n) is 4.96. The van der Waals surface area contributed by atoms with E-state index in [1.165, 1.54) is 16.8 Å². The lowest BCUT2D eigenvalue weighted by Gasteiger charge is -2.26. The van der Waals surface area contributed by atoms with E-state index in [-0.39, 0.29) is 24.6 Å². The maximum atomic E-state index is 13.2. The van der Waals surface area contributed by atoms with Gasteiger partial charge in [0.2, 0.25) is 0 Å². The van der Waals surface area contributed by atoms with Crippen LogP contribution in [-0.2, 0) is 12.7 Å². The second kappa shape index (κ2) is 7.83. The highest BCUT2D eigenvalue weighted by Gasteiger charge is 2.33. The average Bonchev–Trinajstić information content (AvgIpc) is 3.19. The number of ether oxygens (including phenoxy) is 1.